The molecule has 0 radical (unpaired) electrons. The van der Waals surface area contributed by atoms with E-state index in [0.717, 1.165) is 27.9 Å². The van der Waals surface area contributed by atoms with Crippen molar-refractivity contribution in [3.8, 4) is 0 Å². The number of Topliss-reactive ketones (excluding diaryl/α,β-unsaturated/α-hetero) is 1. The van der Waals surface area contributed by atoms with Crippen molar-refractivity contribution < 1.29 is 9.59 Å². The molecule has 112 valence electrons. The highest BCUT2D eigenvalue weighted by atomic mass is 79.9. The number of halogens is 1. The zero-order valence-electron chi connectivity index (χ0n) is 11.8. The molecule has 0 saturated carbocycles. The van der Waals surface area contributed by atoms with Crippen LogP contribution in [0.1, 0.15) is 13.3 Å². The van der Waals surface area contributed by atoms with Crippen LogP contribution >= 0.6 is 15.9 Å². The van der Waals surface area contributed by atoms with Crippen LogP contribution in [0, 0.1) is 5.92 Å². The van der Waals surface area contributed by atoms with E-state index in [4.69, 9.17) is 0 Å². The molecule has 1 aliphatic heterocycles. The van der Waals surface area contributed by atoms with Crippen LogP contribution in [-0.4, -0.2) is 25.2 Å². The van der Waals surface area contributed by atoms with Gasteiger partial charge in [-0.15, -0.1) is 0 Å². The van der Waals surface area contributed by atoms with Crippen molar-refractivity contribution in [1.29, 1.82) is 0 Å². The summed E-state index contributed by atoms with van der Waals surface area (Å²) in [5.41, 5.74) is 9.11. The molecule has 0 aromatic heterocycles. The molecule has 1 aliphatic rings. The van der Waals surface area contributed by atoms with Gasteiger partial charge in [-0.25, -0.2) is 0 Å². The SMILES string of the molecule is CCC(NNc1ccc(Br)cc1)=C1CNCC1C(=O)C=O. The van der Waals surface area contributed by atoms with Gasteiger partial charge >= 0.3 is 0 Å². The molecule has 3 N–H and O–H groups in total. The molecule has 1 heterocycles. The number of nitrogens with one attached hydrogen (secondary N) is 3. The molecule has 21 heavy (non-hydrogen) atoms. The minimum atomic E-state index is -0.369. The topological polar surface area (TPSA) is 70.2 Å². The summed E-state index contributed by atoms with van der Waals surface area (Å²) in [5.74, 6) is -0.719. The average molecular weight is 352 g/mol. The van der Waals surface area contributed by atoms with E-state index < -0.39 is 0 Å². The van der Waals surface area contributed by atoms with Gasteiger partial charge in [0, 0.05) is 23.3 Å². The first-order chi connectivity index (χ1) is 10.2. The zero-order valence-corrected chi connectivity index (χ0v) is 13.4. The molecule has 0 spiro atoms. The van der Waals surface area contributed by atoms with E-state index in [1.165, 1.54) is 0 Å². The van der Waals surface area contributed by atoms with Gasteiger partial charge in [-0.05, 0) is 36.3 Å². The third kappa shape index (κ3) is 3.92. The highest BCUT2D eigenvalue weighted by Gasteiger charge is 2.29. The lowest BCUT2D eigenvalue weighted by atomic mass is 9.96. The van der Waals surface area contributed by atoms with Crippen molar-refractivity contribution in [3.05, 3.63) is 40.0 Å². The number of carbonyl (C=O) groups excluding carboxylic acids is 2. The Balaban J connectivity index is 2.10. The highest BCUT2D eigenvalue weighted by Crippen LogP contribution is 2.21. The highest BCUT2D eigenvalue weighted by molar-refractivity contribution is 9.10. The second-order valence-corrected chi connectivity index (χ2v) is 5.73. The van der Waals surface area contributed by atoms with Gasteiger partial charge in [0.1, 0.15) is 0 Å². The minimum Gasteiger partial charge on any atom is -0.312 e. The maximum atomic E-state index is 11.7. The average Bonchev–Trinajstić information content (AvgIpc) is 2.98. The number of hydrogen-bond donors (Lipinski definition) is 3. The Bertz CT molecular complexity index is 555. The molecule has 2 rings (SSSR count). The van der Waals surface area contributed by atoms with Crippen molar-refractivity contribution in [1.82, 2.24) is 10.7 Å². The summed E-state index contributed by atoms with van der Waals surface area (Å²) in [5, 5.41) is 3.15. The molecule has 0 bridgehead atoms. The molecule has 5 nitrogen and oxygen atoms in total. The second kappa shape index (κ2) is 7.38. The number of anilines is 1. The van der Waals surface area contributed by atoms with Gasteiger partial charge < -0.3 is 16.2 Å². The van der Waals surface area contributed by atoms with E-state index in [2.05, 4.69) is 32.1 Å². The van der Waals surface area contributed by atoms with Crippen LogP contribution in [-0.2, 0) is 9.59 Å². The van der Waals surface area contributed by atoms with Crippen LogP contribution in [0.5, 0.6) is 0 Å². The van der Waals surface area contributed by atoms with Crippen LogP contribution in [0.15, 0.2) is 40.0 Å². The van der Waals surface area contributed by atoms with E-state index in [9.17, 15) is 9.59 Å². The van der Waals surface area contributed by atoms with Gasteiger partial charge in [0.25, 0.3) is 0 Å². The normalized spacial score (nSPS) is 20.0. The number of hydrogen-bond acceptors (Lipinski definition) is 5. The number of allylic oxidation sites excluding steroid dienone is 1. The number of aldehydes is 1. The summed E-state index contributed by atoms with van der Waals surface area (Å²) in [6, 6.07) is 7.77. The Morgan fingerprint density at radius 2 is 2.14 bits per heavy atom. The fraction of sp³-hybridized carbons (Fsp3) is 0.333. The third-order valence-corrected chi connectivity index (χ3v) is 4.02. The molecule has 1 fully saturated rings. The molecular formula is C15H18BrN3O2. The Labute approximate surface area is 132 Å². The molecule has 1 atom stereocenters. The Hall–Kier alpha value is -1.66. The van der Waals surface area contributed by atoms with Crippen LogP contribution in [0.3, 0.4) is 0 Å². The largest absolute Gasteiger partial charge is 0.312 e. The summed E-state index contributed by atoms with van der Waals surface area (Å²) in [7, 11) is 0. The van der Waals surface area contributed by atoms with Gasteiger partial charge in [-0.1, -0.05) is 22.9 Å². The van der Waals surface area contributed by atoms with Crippen LogP contribution in [0.2, 0.25) is 0 Å². The van der Waals surface area contributed by atoms with E-state index in [-0.39, 0.29) is 11.7 Å². The number of rotatable bonds is 6. The molecule has 1 unspecified atom stereocenters. The number of hydrazine groups is 1. The number of ketones is 1. The minimum absolute atomic E-state index is 0.350. The lowest BCUT2D eigenvalue weighted by Crippen LogP contribution is -2.26. The second-order valence-electron chi connectivity index (χ2n) is 4.82. The lowest BCUT2D eigenvalue weighted by molar-refractivity contribution is -0.131. The Morgan fingerprint density at radius 3 is 2.76 bits per heavy atom. The van der Waals surface area contributed by atoms with Crippen molar-refractivity contribution in [2.24, 2.45) is 5.92 Å². The van der Waals surface area contributed by atoms with Gasteiger partial charge in [-0.2, -0.15) is 0 Å². The Morgan fingerprint density at radius 1 is 1.43 bits per heavy atom. The van der Waals surface area contributed by atoms with Crippen molar-refractivity contribution in [3.63, 3.8) is 0 Å². The molecule has 6 heteroatoms. The Kier molecular flexibility index (Phi) is 5.52. The first kappa shape index (κ1) is 15.7. The van der Waals surface area contributed by atoms with Crippen molar-refractivity contribution in [2.75, 3.05) is 18.5 Å². The van der Waals surface area contributed by atoms with Gasteiger partial charge in [0.05, 0.1) is 11.6 Å². The zero-order chi connectivity index (χ0) is 15.2. The van der Waals surface area contributed by atoms with E-state index in [1.54, 1.807) is 0 Å². The van der Waals surface area contributed by atoms with Crippen LogP contribution in [0.4, 0.5) is 5.69 Å². The molecule has 1 saturated heterocycles. The lowest BCUT2D eigenvalue weighted by Gasteiger charge is -2.17. The van der Waals surface area contributed by atoms with E-state index in [1.807, 2.05) is 31.2 Å². The molecular weight excluding hydrogens is 334 g/mol. The molecule has 0 amide bonds. The quantitative estimate of drug-likeness (QED) is 0.415. The van der Waals surface area contributed by atoms with Crippen molar-refractivity contribution >= 4 is 33.7 Å². The first-order valence-electron chi connectivity index (χ1n) is 6.85. The fourth-order valence-electron chi connectivity index (χ4n) is 2.35. The maximum Gasteiger partial charge on any atom is 0.203 e. The van der Waals surface area contributed by atoms with Gasteiger partial charge in [0.2, 0.25) is 5.78 Å². The number of carbonyl (C=O) groups is 2. The summed E-state index contributed by atoms with van der Waals surface area (Å²) >= 11 is 3.39. The van der Waals surface area contributed by atoms with E-state index in [0.29, 0.717) is 19.4 Å². The summed E-state index contributed by atoms with van der Waals surface area (Å²) in [6.45, 7) is 3.16. The van der Waals surface area contributed by atoms with Gasteiger partial charge in [0.15, 0.2) is 6.29 Å². The maximum absolute atomic E-state index is 11.7. The standard InChI is InChI=1S/C15H18BrN3O2/c1-2-14(12-7-17-8-13(12)15(21)9-20)19-18-11-5-3-10(16)4-6-11/h3-6,9,13,17-19H,2,7-8H2,1H3. The van der Waals surface area contributed by atoms with Gasteiger partial charge in [-0.3, -0.25) is 9.59 Å². The smallest absolute Gasteiger partial charge is 0.203 e. The molecule has 0 aliphatic carbocycles. The predicted octanol–water partition coefficient (Wildman–Crippen LogP) is 2.02. The molecule has 1 aromatic rings. The number of benzene rings is 1. The first-order valence-corrected chi connectivity index (χ1v) is 7.64. The van der Waals surface area contributed by atoms with Crippen molar-refractivity contribution in [2.45, 2.75) is 13.3 Å². The predicted molar refractivity (Wildman–Crippen MR) is 85.6 cm³/mol. The fourth-order valence-corrected chi connectivity index (χ4v) is 2.61. The summed E-state index contributed by atoms with van der Waals surface area (Å²) in [4.78, 5) is 22.4. The summed E-state index contributed by atoms with van der Waals surface area (Å²) in [6.07, 6.45) is 1.16. The van der Waals surface area contributed by atoms with E-state index >= 15 is 0 Å². The monoisotopic (exact) mass is 351 g/mol. The summed E-state index contributed by atoms with van der Waals surface area (Å²) < 4.78 is 1.01. The third-order valence-electron chi connectivity index (χ3n) is 3.49. The van der Waals surface area contributed by atoms with Crippen LogP contribution in [0.25, 0.3) is 0 Å². The van der Waals surface area contributed by atoms with Crippen LogP contribution < -0.4 is 16.2 Å². The molecule has 1 aromatic carbocycles.